The molecular weight excluding hydrogens is 225 g/mol. The molecule has 0 aliphatic rings. The molecular formula is C9H11F3N2O2. The molecule has 0 aromatic carbocycles. The van der Waals surface area contributed by atoms with Crippen molar-refractivity contribution < 1.29 is 22.6 Å². The number of ether oxygens (including phenoxy) is 2. The monoisotopic (exact) mass is 236 g/mol. The number of pyridine rings is 1. The van der Waals surface area contributed by atoms with E-state index in [1.807, 2.05) is 0 Å². The number of nitrogens with zero attached hydrogens (tertiary/aromatic N) is 1. The molecule has 16 heavy (non-hydrogen) atoms. The Bertz CT molecular complexity index is 380. The Morgan fingerprint density at radius 3 is 2.44 bits per heavy atom. The van der Waals surface area contributed by atoms with Gasteiger partial charge in [-0.3, -0.25) is 0 Å². The van der Waals surface area contributed by atoms with Gasteiger partial charge in [0.15, 0.2) is 5.75 Å². The van der Waals surface area contributed by atoms with Crippen molar-refractivity contribution in [3.05, 3.63) is 17.5 Å². The maximum absolute atomic E-state index is 12.1. The molecule has 0 saturated heterocycles. The first-order valence-corrected chi connectivity index (χ1v) is 4.37. The van der Waals surface area contributed by atoms with E-state index in [1.165, 1.54) is 7.11 Å². The first kappa shape index (κ1) is 12.6. The van der Waals surface area contributed by atoms with Crippen LogP contribution in [0.3, 0.4) is 0 Å². The van der Waals surface area contributed by atoms with E-state index >= 15 is 0 Å². The SMILES string of the molecule is COc1cc(OC(F)(F)F)c(CN)nc1C. The van der Waals surface area contributed by atoms with E-state index in [2.05, 4.69) is 9.72 Å². The smallest absolute Gasteiger partial charge is 0.495 e. The molecule has 0 unspecified atom stereocenters. The molecule has 4 nitrogen and oxygen atoms in total. The second kappa shape index (κ2) is 4.56. The van der Waals surface area contributed by atoms with Gasteiger partial charge in [-0.25, -0.2) is 4.98 Å². The van der Waals surface area contributed by atoms with E-state index < -0.39 is 12.1 Å². The zero-order valence-corrected chi connectivity index (χ0v) is 8.76. The van der Waals surface area contributed by atoms with Crippen molar-refractivity contribution >= 4 is 0 Å². The van der Waals surface area contributed by atoms with Crippen LogP contribution in [0.25, 0.3) is 0 Å². The molecule has 1 aromatic rings. The predicted octanol–water partition coefficient (Wildman–Crippen LogP) is 1.76. The highest BCUT2D eigenvalue weighted by Crippen LogP contribution is 2.30. The van der Waals surface area contributed by atoms with E-state index in [1.54, 1.807) is 6.92 Å². The largest absolute Gasteiger partial charge is 0.573 e. The molecule has 0 atom stereocenters. The van der Waals surface area contributed by atoms with Gasteiger partial charge in [0.1, 0.15) is 5.75 Å². The lowest BCUT2D eigenvalue weighted by molar-refractivity contribution is -0.275. The summed E-state index contributed by atoms with van der Waals surface area (Å²) in [5.41, 5.74) is 5.77. The molecule has 0 spiro atoms. The van der Waals surface area contributed by atoms with Gasteiger partial charge in [-0.2, -0.15) is 0 Å². The summed E-state index contributed by atoms with van der Waals surface area (Å²) in [4.78, 5) is 3.87. The Kier molecular flexibility index (Phi) is 3.58. The Balaban J connectivity index is 3.15. The standard InChI is InChI=1S/C9H11F3N2O2/c1-5-7(15-2)3-8(6(4-13)14-5)16-9(10,11)12/h3H,4,13H2,1-2H3. The average molecular weight is 236 g/mol. The van der Waals surface area contributed by atoms with E-state index in [4.69, 9.17) is 10.5 Å². The number of aromatic nitrogens is 1. The summed E-state index contributed by atoms with van der Waals surface area (Å²) in [5, 5.41) is 0. The van der Waals surface area contributed by atoms with Crippen molar-refractivity contribution in [3.8, 4) is 11.5 Å². The molecule has 1 heterocycles. The fourth-order valence-corrected chi connectivity index (χ4v) is 1.19. The second-order valence-corrected chi connectivity index (χ2v) is 2.97. The fraction of sp³-hybridized carbons (Fsp3) is 0.444. The number of halogens is 3. The molecule has 1 rings (SSSR count). The number of methoxy groups -OCH3 is 1. The summed E-state index contributed by atoms with van der Waals surface area (Å²) in [7, 11) is 1.34. The van der Waals surface area contributed by atoms with Crippen LogP contribution >= 0.6 is 0 Å². The van der Waals surface area contributed by atoms with Crippen LogP contribution in [0.15, 0.2) is 6.07 Å². The Hall–Kier alpha value is -1.50. The van der Waals surface area contributed by atoms with Gasteiger partial charge in [0.05, 0.1) is 18.5 Å². The van der Waals surface area contributed by atoms with Crippen molar-refractivity contribution in [1.82, 2.24) is 4.98 Å². The van der Waals surface area contributed by atoms with Gasteiger partial charge in [-0.05, 0) is 6.92 Å². The third-order valence-corrected chi connectivity index (χ3v) is 1.84. The first-order valence-electron chi connectivity index (χ1n) is 4.37. The molecule has 0 radical (unpaired) electrons. The molecule has 0 amide bonds. The average Bonchev–Trinajstić information content (AvgIpc) is 2.18. The lowest BCUT2D eigenvalue weighted by Gasteiger charge is -2.14. The van der Waals surface area contributed by atoms with Gasteiger partial charge in [-0.15, -0.1) is 13.2 Å². The van der Waals surface area contributed by atoms with Crippen molar-refractivity contribution in [1.29, 1.82) is 0 Å². The van der Waals surface area contributed by atoms with Crippen LogP contribution in [0.5, 0.6) is 11.5 Å². The highest BCUT2D eigenvalue weighted by molar-refractivity contribution is 5.39. The number of hydrogen-bond acceptors (Lipinski definition) is 4. The normalized spacial score (nSPS) is 11.4. The lowest BCUT2D eigenvalue weighted by atomic mass is 10.2. The molecule has 0 aliphatic heterocycles. The van der Waals surface area contributed by atoms with Crippen LogP contribution in [0.4, 0.5) is 13.2 Å². The van der Waals surface area contributed by atoms with E-state index in [-0.39, 0.29) is 18.0 Å². The highest BCUT2D eigenvalue weighted by Gasteiger charge is 2.32. The summed E-state index contributed by atoms with van der Waals surface area (Å²) in [6.45, 7) is 1.46. The summed E-state index contributed by atoms with van der Waals surface area (Å²) < 4.78 is 44.8. The summed E-state index contributed by atoms with van der Waals surface area (Å²) in [6, 6.07) is 1.12. The zero-order valence-electron chi connectivity index (χ0n) is 8.76. The Labute approximate surface area is 90.2 Å². The molecule has 2 N–H and O–H groups in total. The van der Waals surface area contributed by atoms with Gasteiger partial charge < -0.3 is 15.2 Å². The number of aryl methyl sites for hydroxylation is 1. The minimum Gasteiger partial charge on any atom is -0.495 e. The molecule has 1 aromatic heterocycles. The minimum atomic E-state index is -4.77. The van der Waals surface area contributed by atoms with Crippen LogP contribution in [-0.2, 0) is 6.54 Å². The minimum absolute atomic E-state index is 0.0376. The van der Waals surface area contributed by atoms with Gasteiger partial charge >= 0.3 is 6.36 Å². The van der Waals surface area contributed by atoms with Crippen LogP contribution in [0, 0.1) is 6.92 Å². The topological polar surface area (TPSA) is 57.4 Å². The molecule has 0 bridgehead atoms. The maximum Gasteiger partial charge on any atom is 0.573 e. The van der Waals surface area contributed by atoms with Crippen molar-refractivity contribution in [3.63, 3.8) is 0 Å². The van der Waals surface area contributed by atoms with E-state index in [0.717, 1.165) is 6.07 Å². The molecule has 0 fully saturated rings. The molecule has 7 heteroatoms. The Morgan fingerprint density at radius 1 is 1.38 bits per heavy atom. The summed E-state index contributed by atoms with van der Waals surface area (Å²) >= 11 is 0. The van der Waals surface area contributed by atoms with Crippen molar-refractivity contribution in [2.24, 2.45) is 5.73 Å². The van der Waals surface area contributed by atoms with Gasteiger partial charge in [-0.1, -0.05) is 0 Å². The van der Waals surface area contributed by atoms with Gasteiger partial charge in [0.2, 0.25) is 0 Å². The van der Waals surface area contributed by atoms with Crippen molar-refractivity contribution in [2.45, 2.75) is 19.8 Å². The fourth-order valence-electron chi connectivity index (χ4n) is 1.19. The summed E-state index contributed by atoms with van der Waals surface area (Å²) in [5.74, 6) is -0.214. The molecule has 90 valence electrons. The molecule has 0 aliphatic carbocycles. The molecule has 0 saturated carbocycles. The highest BCUT2D eigenvalue weighted by atomic mass is 19.4. The Morgan fingerprint density at radius 2 is 2.00 bits per heavy atom. The van der Waals surface area contributed by atoms with Gasteiger partial charge in [0, 0.05) is 12.6 Å². The van der Waals surface area contributed by atoms with Crippen molar-refractivity contribution in [2.75, 3.05) is 7.11 Å². The lowest BCUT2D eigenvalue weighted by Crippen LogP contribution is -2.19. The second-order valence-electron chi connectivity index (χ2n) is 2.97. The van der Waals surface area contributed by atoms with E-state index in [0.29, 0.717) is 5.69 Å². The number of alkyl halides is 3. The van der Waals surface area contributed by atoms with Gasteiger partial charge in [0.25, 0.3) is 0 Å². The van der Waals surface area contributed by atoms with Crippen LogP contribution < -0.4 is 15.2 Å². The number of hydrogen-bond donors (Lipinski definition) is 1. The first-order chi connectivity index (χ1) is 7.37. The summed E-state index contributed by atoms with van der Waals surface area (Å²) in [6.07, 6.45) is -4.77. The quantitative estimate of drug-likeness (QED) is 0.868. The third-order valence-electron chi connectivity index (χ3n) is 1.84. The van der Waals surface area contributed by atoms with Crippen LogP contribution in [0.2, 0.25) is 0 Å². The van der Waals surface area contributed by atoms with Crippen LogP contribution in [0.1, 0.15) is 11.4 Å². The van der Waals surface area contributed by atoms with Crippen LogP contribution in [-0.4, -0.2) is 18.5 Å². The zero-order chi connectivity index (χ0) is 12.3. The van der Waals surface area contributed by atoms with E-state index in [9.17, 15) is 13.2 Å². The number of rotatable bonds is 3. The maximum atomic E-state index is 12.1. The third kappa shape index (κ3) is 2.99. The number of nitrogens with two attached hydrogens (primary N) is 1. The predicted molar refractivity (Wildman–Crippen MR) is 50.1 cm³/mol.